The predicted molar refractivity (Wildman–Crippen MR) is 149 cm³/mol. The van der Waals surface area contributed by atoms with E-state index in [0.717, 1.165) is 32.6 Å². The van der Waals surface area contributed by atoms with Gasteiger partial charge in [-0.3, -0.25) is 10.1 Å². The molecule has 0 aliphatic rings. The SMILES string of the molecule is CCC(Sc1cc(C)c2ccccc2n1)C(=O)Nc1oc(-c2ccccc2)c(-c2ccccc2)c1C#N. The van der Waals surface area contributed by atoms with E-state index in [1.54, 1.807) is 0 Å². The van der Waals surface area contributed by atoms with E-state index >= 15 is 0 Å². The van der Waals surface area contributed by atoms with E-state index in [9.17, 15) is 10.1 Å². The van der Waals surface area contributed by atoms with Gasteiger partial charge in [0, 0.05) is 16.5 Å². The number of thioether (sulfide) groups is 1. The van der Waals surface area contributed by atoms with Crippen molar-refractivity contribution in [3.63, 3.8) is 0 Å². The van der Waals surface area contributed by atoms with Crippen molar-refractivity contribution in [3.8, 4) is 28.5 Å². The van der Waals surface area contributed by atoms with Gasteiger partial charge in [-0.15, -0.1) is 0 Å². The number of hydrogen-bond donors (Lipinski definition) is 1. The van der Waals surface area contributed by atoms with Crippen molar-refractivity contribution < 1.29 is 9.21 Å². The number of nitrogens with one attached hydrogen (secondary N) is 1. The van der Waals surface area contributed by atoms with Gasteiger partial charge < -0.3 is 4.42 Å². The van der Waals surface area contributed by atoms with Crippen molar-refractivity contribution in [1.82, 2.24) is 4.98 Å². The molecule has 0 spiro atoms. The Balaban J connectivity index is 1.48. The molecule has 1 amide bonds. The van der Waals surface area contributed by atoms with Crippen molar-refractivity contribution >= 4 is 34.5 Å². The number of carbonyl (C=O) groups excluding carboxylic acids is 1. The molecule has 0 fully saturated rings. The van der Waals surface area contributed by atoms with E-state index in [4.69, 9.17) is 9.40 Å². The molecule has 5 nitrogen and oxygen atoms in total. The summed E-state index contributed by atoms with van der Waals surface area (Å²) in [6, 6.07) is 31.5. The Kier molecular flexibility index (Phi) is 7.07. The van der Waals surface area contributed by atoms with Gasteiger partial charge in [-0.25, -0.2) is 4.98 Å². The second kappa shape index (κ2) is 10.7. The summed E-state index contributed by atoms with van der Waals surface area (Å²) >= 11 is 1.41. The number of aromatic nitrogens is 1. The molecule has 6 heteroatoms. The lowest BCUT2D eigenvalue weighted by Gasteiger charge is -2.14. The zero-order valence-corrected chi connectivity index (χ0v) is 21.4. The highest BCUT2D eigenvalue weighted by Gasteiger charge is 2.27. The van der Waals surface area contributed by atoms with Gasteiger partial charge in [-0.2, -0.15) is 5.26 Å². The van der Waals surface area contributed by atoms with Crippen LogP contribution in [0.15, 0.2) is 100 Å². The van der Waals surface area contributed by atoms with Gasteiger partial charge in [-0.1, -0.05) is 97.5 Å². The zero-order chi connectivity index (χ0) is 25.8. The average Bonchev–Trinajstić information content (AvgIpc) is 3.30. The number of carbonyl (C=O) groups is 1. The van der Waals surface area contributed by atoms with Crippen LogP contribution in [0.3, 0.4) is 0 Å². The van der Waals surface area contributed by atoms with Gasteiger partial charge >= 0.3 is 0 Å². The number of aryl methyl sites for hydroxylation is 1. The highest BCUT2D eigenvalue weighted by atomic mass is 32.2. The van der Waals surface area contributed by atoms with Crippen molar-refractivity contribution in [2.75, 3.05) is 5.32 Å². The molecule has 37 heavy (non-hydrogen) atoms. The van der Waals surface area contributed by atoms with Crippen LogP contribution in [0.5, 0.6) is 0 Å². The van der Waals surface area contributed by atoms with Crippen LogP contribution in [0, 0.1) is 18.3 Å². The normalized spacial score (nSPS) is 11.7. The van der Waals surface area contributed by atoms with Gasteiger partial charge in [-0.05, 0) is 36.6 Å². The van der Waals surface area contributed by atoms with Gasteiger partial charge in [0.05, 0.1) is 15.8 Å². The quantitative estimate of drug-likeness (QED) is 0.229. The van der Waals surface area contributed by atoms with Crippen LogP contribution in [0.1, 0.15) is 24.5 Å². The number of para-hydroxylation sites is 1. The van der Waals surface area contributed by atoms with Crippen LogP contribution in [-0.2, 0) is 4.79 Å². The zero-order valence-electron chi connectivity index (χ0n) is 20.6. The molecule has 0 aliphatic carbocycles. The summed E-state index contributed by atoms with van der Waals surface area (Å²) in [6.45, 7) is 4.01. The highest BCUT2D eigenvalue weighted by Crippen LogP contribution is 2.41. The number of furan rings is 1. The monoisotopic (exact) mass is 503 g/mol. The maximum absolute atomic E-state index is 13.4. The number of amides is 1. The molecule has 0 bridgehead atoms. The third-order valence-corrected chi connectivity index (χ3v) is 7.46. The van der Waals surface area contributed by atoms with E-state index in [1.807, 2.05) is 105 Å². The summed E-state index contributed by atoms with van der Waals surface area (Å²) in [5, 5.41) is 14.5. The van der Waals surface area contributed by atoms with Gasteiger partial charge in [0.15, 0.2) is 0 Å². The summed E-state index contributed by atoms with van der Waals surface area (Å²) < 4.78 is 6.19. The van der Waals surface area contributed by atoms with Crippen LogP contribution < -0.4 is 5.32 Å². The highest BCUT2D eigenvalue weighted by molar-refractivity contribution is 8.00. The Hall–Kier alpha value is -4.34. The summed E-state index contributed by atoms with van der Waals surface area (Å²) in [5.41, 5.74) is 4.66. The third kappa shape index (κ3) is 5.00. The maximum atomic E-state index is 13.4. The van der Waals surface area contributed by atoms with E-state index in [2.05, 4.69) is 11.4 Å². The predicted octanol–water partition coefficient (Wildman–Crippen LogP) is 7.85. The molecule has 1 unspecified atom stereocenters. The lowest BCUT2D eigenvalue weighted by molar-refractivity contribution is -0.115. The molecule has 0 saturated carbocycles. The lowest BCUT2D eigenvalue weighted by atomic mass is 9.98. The van der Waals surface area contributed by atoms with Crippen molar-refractivity contribution in [2.24, 2.45) is 0 Å². The fourth-order valence-electron chi connectivity index (χ4n) is 4.34. The van der Waals surface area contributed by atoms with Gasteiger partial charge in [0.25, 0.3) is 0 Å². The number of pyridine rings is 1. The first-order valence-electron chi connectivity index (χ1n) is 12.1. The van der Waals surface area contributed by atoms with Crippen LogP contribution in [0.25, 0.3) is 33.4 Å². The maximum Gasteiger partial charge on any atom is 0.240 e. The number of hydrogen-bond acceptors (Lipinski definition) is 5. The first kappa shape index (κ1) is 24.4. The Morgan fingerprint density at radius 2 is 1.65 bits per heavy atom. The molecule has 5 rings (SSSR count). The molecule has 1 N–H and O–H groups in total. The first-order valence-corrected chi connectivity index (χ1v) is 13.0. The largest absolute Gasteiger partial charge is 0.438 e. The number of nitrogens with zero attached hydrogens (tertiary/aromatic N) is 2. The summed E-state index contributed by atoms with van der Waals surface area (Å²) in [5.74, 6) is 0.475. The molecule has 3 aromatic carbocycles. The molecule has 2 aromatic heterocycles. The molecule has 5 aromatic rings. The van der Waals surface area contributed by atoms with E-state index in [-0.39, 0.29) is 11.8 Å². The number of rotatable bonds is 7. The molecule has 0 aliphatic heterocycles. The Bertz CT molecular complexity index is 1600. The molecule has 1 atom stereocenters. The van der Waals surface area contributed by atoms with Crippen LogP contribution >= 0.6 is 11.8 Å². The average molecular weight is 504 g/mol. The summed E-state index contributed by atoms with van der Waals surface area (Å²) in [7, 11) is 0. The number of anilines is 1. The molecular weight excluding hydrogens is 478 g/mol. The standard InChI is InChI=1S/C31H25N3O2S/c1-3-26(37-27-18-20(2)23-16-10-11-17-25(23)33-27)30(35)34-31-24(19-32)28(21-12-6-4-7-13-21)29(36-31)22-14-8-5-9-15-22/h4-18,26H,3H2,1-2H3,(H,34,35). The van der Waals surface area contributed by atoms with E-state index in [1.165, 1.54) is 11.8 Å². The van der Waals surface area contributed by atoms with E-state index < -0.39 is 5.25 Å². The lowest BCUT2D eigenvalue weighted by Crippen LogP contribution is -2.24. The Labute approximate surface area is 220 Å². The van der Waals surface area contributed by atoms with E-state index in [0.29, 0.717) is 23.3 Å². The minimum Gasteiger partial charge on any atom is -0.438 e. The van der Waals surface area contributed by atoms with Crippen LogP contribution in [0.2, 0.25) is 0 Å². The fraction of sp³-hybridized carbons (Fsp3) is 0.129. The van der Waals surface area contributed by atoms with Crippen LogP contribution in [-0.4, -0.2) is 16.1 Å². The minimum absolute atomic E-state index is 0.159. The molecule has 2 heterocycles. The molecule has 182 valence electrons. The summed E-state index contributed by atoms with van der Waals surface area (Å²) in [4.78, 5) is 18.2. The molecular formula is C31H25N3O2S. The van der Waals surface area contributed by atoms with Crippen molar-refractivity contribution in [2.45, 2.75) is 30.5 Å². The van der Waals surface area contributed by atoms with Gasteiger partial charge in [0.1, 0.15) is 17.4 Å². The number of nitriles is 1. The third-order valence-electron chi connectivity index (χ3n) is 6.18. The van der Waals surface area contributed by atoms with Crippen molar-refractivity contribution in [3.05, 3.63) is 102 Å². The van der Waals surface area contributed by atoms with Crippen molar-refractivity contribution in [1.29, 1.82) is 5.26 Å². The molecule has 0 radical (unpaired) electrons. The number of benzene rings is 3. The topological polar surface area (TPSA) is 78.9 Å². The summed E-state index contributed by atoms with van der Waals surface area (Å²) in [6.07, 6.45) is 0.587. The second-order valence-electron chi connectivity index (χ2n) is 8.65. The smallest absolute Gasteiger partial charge is 0.240 e. The van der Waals surface area contributed by atoms with Crippen LogP contribution in [0.4, 0.5) is 5.88 Å². The Morgan fingerprint density at radius 1 is 1.00 bits per heavy atom. The molecule has 0 saturated heterocycles. The second-order valence-corrected chi connectivity index (χ2v) is 9.88. The fourth-order valence-corrected chi connectivity index (χ4v) is 5.36. The minimum atomic E-state index is -0.412. The first-order chi connectivity index (χ1) is 18.1. The number of fused-ring (bicyclic) bond motifs is 1. The Morgan fingerprint density at radius 3 is 2.32 bits per heavy atom. The van der Waals surface area contributed by atoms with Gasteiger partial charge in [0.2, 0.25) is 11.8 Å².